The van der Waals surface area contributed by atoms with Gasteiger partial charge in [-0.15, -0.1) is 0 Å². The molecule has 0 fully saturated rings. The van der Waals surface area contributed by atoms with Gasteiger partial charge in [0.1, 0.15) is 6.61 Å². The predicted octanol–water partition coefficient (Wildman–Crippen LogP) is -0.523. The maximum Gasteiger partial charge on any atom is 0.407 e. The van der Waals surface area contributed by atoms with E-state index in [1.54, 1.807) is 13.8 Å². The fraction of sp³-hybridized carbons (Fsp3) is 0.778. The molecule has 0 saturated carbocycles. The van der Waals surface area contributed by atoms with Crippen molar-refractivity contribution in [2.24, 2.45) is 5.92 Å². The molecule has 0 atom stereocenters. The fourth-order valence-corrected chi connectivity index (χ4v) is 0.744. The van der Waals surface area contributed by atoms with Gasteiger partial charge >= 0.3 is 6.09 Å². The number of carbonyl (C=O) groups is 2. The van der Waals surface area contributed by atoms with Gasteiger partial charge in [0.2, 0.25) is 5.91 Å². The van der Waals surface area contributed by atoms with E-state index < -0.39 is 6.09 Å². The molecule has 2 amide bonds. The van der Waals surface area contributed by atoms with Crippen LogP contribution in [0.1, 0.15) is 13.8 Å². The van der Waals surface area contributed by atoms with Crippen molar-refractivity contribution in [1.82, 2.24) is 10.6 Å². The SMILES string of the molecule is CC(C)C(=O)NCCNC(=O)OCCO. The van der Waals surface area contributed by atoms with Crippen LogP contribution in [0.3, 0.4) is 0 Å². The molecule has 6 nitrogen and oxygen atoms in total. The first-order valence-corrected chi connectivity index (χ1v) is 4.87. The number of carbonyl (C=O) groups excluding carboxylic acids is 2. The number of hydrogen-bond donors (Lipinski definition) is 3. The molecule has 15 heavy (non-hydrogen) atoms. The van der Waals surface area contributed by atoms with Crippen molar-refractivity contribution >= 4 is 12.0 Å². The Hall–Kier alpha value is -1.30. The highest BCUT2D eigenvalue weighted by atomic mass is 16.6. The van der Waals surface area contributed by atoms with E-state index in [2.05, 4.69) is 15.4 Å². The third-order valence-corrected chi connectivity index (χ3v) is 1.54. The van der Waals surface area contributed by atoms with Crippen LogP contribution < -0.4 is 10.6 Å². The lowest BCUT2D eigenvalue weighted by atomic mass is 10.2. The minimum absolute atomic E-state index is 0.0236. The molecule has 3 N–H and O–H groups in total. The van der Waals surface area contributed by atoms with E-state index >= 15 is 0 Å². The summed E-state index contributed by atoms with van der Waals surface area (Å²) in [5.74, 6) is -0.119. The Morgan fingerprint density at radius 2 is 1.87 bits per heavy atom. The molecule has 0 aliphatic carbocycles. The quantitative estimate of drug-likeness (QED) is 0.523. The Labute approximate surface area is 89.0 Å². The molecule has 0 aliphatic heterocycles. The molecule has 0 aromatic heterocycles. The Kier molecular flexibility index (Phi) is 7.35. The summed E-state index contributed by atoms with van der Waals surface area (Å²) in [6.45, 7) is 4.03. The zero-order valence-corrected chi connectivity index (χ0v) is 9.08. The summed E-state index contributed by atoms with van der Waals surface area (Å²) in [6.07, 6.45) is -0.595. The summed E-state index contributed by atoms with van der Waals surface area (Å²) in [5, 5.41) is 13.4. The van der Waals surface area contributed by atoms with E-state index in [-0.39, 0.29) is 25.0 Å². The first kappa shape index (κ1) is 13.7. The second-order valence-electron chi connectivity index (χ2n) is 3.23. The van der Waals surface area contributed by atoms with Gasteiger partial charge in [0, 0.05) is 19.0 Å². The molecule has 0 radical (unpaired) electrons. The predicted molar refractivity (Wildman–Crippen MR) is 54.3 cm³/mol. The average molecular weight is 218 g/mol. The number of ether oxygens (including phenoxy) is 1. The van der Waals surface area contributed by atoms with Gasteiger partial charge in [-0.2, -0.15) is 0 Å². The highest BCUT2D eigenvalue weighted by molar-refractivity contribution is 5.77. The van der Waals surface area contributed by atoms with Gasteiger partial charge < -0.3 is 20.5 Å². The molecule has 0 aromatic rings. The van der Waals surface area contributed by atoms with Crippen LogP contribution in [0.25, 0.3) is 0 Å². The summed E-state index contributed by atoms with van der Waals surface area (Å²) in [6, 6.07) is 0. The third kappa shape index (κ3) is 7.75. The average Bonchev–Trinajstić information content (AvgIpc) is 2.20. The number of nitrogens with one attached hydrogen (secondary N) is 2. The first-order chi connectivity index (χ1) is 7.07. The molecule has 0 aliphatic rings. The molecule has 0 unspecified atom stereocenters. The normalized spacial score (nSPS) is 9.87. The lowest BCUT2D eigenvalue weighted by molar-refractivity contribution is -0.123. The van der Waals surface area contributed by atoms with Crippen LogP contribution in [-0.2, 0) is 9.53 Å². The number of aliphatic hydroxyl groups is 1. The van der Waals surface area contributed by atoms with Crippen molar-refractivity contribution in [3.8, 4) is 0 Å². The van der Waals surface area contributed by atoms with E-state index in [9.17, 15) is 9.59 Å². The van der Waals surface area contributed by atoms with Gasteiger partial charge in [-0.1, -0.05) is 13.8 Å². The molecule has 0 heterocycles. The highest BCUT2D eigenvalue weighted by Crippen LogP contribution is 1.88. The van der Waals surface area contributed by atoms with Crippen LogP contribution in [0.15, 0.2) is 0 Å². The van der Waals surface area contributed by atoms with Crippen molar-refractivity contribution < 1.29 is 19.4 Å². The lowest BCUT2D eigenvalue weighted by Crippen LogP contribution is -2.36. The molecule has 6 heteroatoms. The van der Waals surface area contributed by atoms with E-state index in [1.807, 2.05) is 0 Å². The zero-order valence-electron chi connectivity index (χ0n) is 9.08. The third-order valence-electron chi connectivity index (χ3n) is 1.54. The summed E-state index contributed by atoms with van der Waals surface area (Å²) in [5.41, 5.74) is 0. The monoisotopic (exact) mass is 218 g/mol. The fourth-order valence-electron chi connectivity index (χ4n) is 0.744. The van der Waals surface area contributed by atoms with Crippen molar-refractivity contribution in [2.45, 2.75) is 13.8 Å². The highest BCUT2D eigenvalue weighted by Gasteiger charge is 2.05. The molecule has 0 aromatic carbocycles. The van der Waals surface area contributed by atoms with Gasteiger partial charge in [0.25, 0.3) is 0 Å². The molecular weight excluding hydrogens is 200 g/mol. The number of hydrogen-bond acceptors (Lipinski definition) is 4. The number of rotatable bonds is 6. The van der Waals surface area contributed by atoms with E-state index in [1.165, 1.54) is 0 Å². The summed E-state index contributed by atoms with van der Waals surface area (Å²) < 4.78 is 4.53. The van der Waals surface area contributed by atoms with Crippen molar-refractivity contribution in [3.63, 3.8) is 0 Å². The van der Waals surface area contributed by atoms with E-state index in [0.29, 0.717) is 13.1 Å². The van der Waals surface area contributed by atoms with Gasteiger partial charge in [-0.25, -0.2) is 4.79 Å². The van der Waals surface area contributed by atoms with Crippen LogP contribution in [0.5, 0.6) is 0 Å². The van der Waals surface area contributed by atoms with Gasteiger partial charge in [0.05, 0.1) is 6.61 Å². The standard InChI is InChI=1S/C9H18N2O4/c1-7(2)8(13)10-3-4-11-9(14)15-6-5-12/h7,12H,3-6H2,1-2H3,(H,10,13)(H,11,14). The molecule has 0 spiro atoms. The molecule has 88 valence electrons. The van der Waals surface area contributed by atoms with Crippen molar-refractivity contribution in [2.75, 3.05) is 26.3 Å². The lowest BCUT2D eigenvalue weighted by Gasteiger charge is -2.08. The van der Waals surface area contributed by atoms with E-state index in [0.717, 1.165) is 0 Å². The minimum Gasteiger partial charge on any atom is -0.447 e. The second kappa shape index (κ2) is 8.05. The largest absolute Gasteiger partial charge is 0.447 e. The second-order valence-corrected chi connectivity index (χ2v) is 3.23. The smallest absolute Gasteiger partial charge is 0.407 e. The number of amides is 2. The van der Waals surface area contributed by atoms with Gasteiger partial charge in [0.15, 0.2) is 0 Å². The molecular formula is C9H18N2O4. The van der Waals surface area contributed by atoms with Crippen LogP contribution in [0.4, 0.5) is 4.79 Å². The Morgan fingerprint density at radius 1 is 1.27 bits per heavy atom. The number of aliphatic hydroxyl groups excluding tert-OH is 1. The first-order valence-electron chi connectivity index (χ1n) is 4.87. The molecule has 0 bridgehead atoms. The summed E-state index contributed by atoms with van der Waals surface area (Å²) >= 11 is 0. The summed E-state index contributed by atoms with van der Waals surface area (Å²) in [7, 11) is 0. The Balaban J connectivity index is 3.38. The van der Waals surface area contributed by atoms with Crippen LogP contribution in [0, 0.1) is 5.92 Å². The van der Waals surface area contributed by atoms with Crippen LogP contribution >= 0.6 is 0 Å². The maximum absolute atomic E-state index is 11.1. The molecule has 0 saturated heterocycles. The summed E-state index contributed by atoms with van der Waals surface area (Å²) in [4.78, 5) is 21.9. The maximum atomic E-state index is 11.1. The van der Waals surface area contributed by atoms with Crippen molar-refractivity contribution in [3.05, 3.63) is 0 Å². The van der Waals surface area contributed by atoms with Gasteiger partial charge in [-0.05, 0) is 0 Å². The Bertz CT molecular complexity index is 206. The van der Waals surface area contributed by atoms with Gasteiger partial charge in [-0.3, -0.25) is 4.79 Å². The van der Waals surface area contributed by atoms with Crippen LogP contribution in [0.2, 0.25) is 0 Å². The number of alkyl carbamates (subject to hydrolysis) is 1. The van der Waals surface area contributed by atoms with Crippen molar-refractivity contribution in [1.29, 1.82) is 0 Å². The Morgan fingerprint density at radius 3 is 2.40 bits per heavy atom. The minimum atomic E-state index is -0.595. The zero-order chi connectivity index (χ0) is 11.7. The van der Waals surface area contributed by atoms with Crippen LogP contribution in [-0.4, -0.2) is 43.4 Å². The van der Waals surface area contributed by atoms with E-state index in [4.69, 9.17) is 5.11 Å². The topological polar surface area (TPSA) is 87.7 Å². The molecule has 0 rings (SSSR count).